The molecule has 0 radical (unpaired) electrons. The van der Waals surface area contributed by atoms with Gasteiger partial charge in [0, 0.05) is 20.5 Å². The van der Waals surface area contributed by atoms with Gasteiger partial charge in [-0.25, -0.2) is 4.98 Å². The lowest BCUT2D eigenvalue weighted by molar-refractivity contribution is -0.114. The van der Waals surface area contributed by atoms with Crippen LogP contribution < -0.4 is 10.2 Å². The molecule has 4 nitrogen and oxygen atoms in total. The van der Waals surface area contributed by atoms with E-state index in [9.17, 15) is 4.79 Å². The number of nitrogens with zero attached hydrogens (tertiary/aromatic N) is 2. The Kier molecular flexibility index (Phi) is 4.76. The topological polar surface area (TPSA) is 45.2 Å². The molecule has 1 amide bonds. The van der Waals surface area contributed by atoms with E-state index in [0.717, 1.165) is 12.2 Å². The van der Waals surface area contributed by atoms with Gasteiger partial charge in [-0.3, -0.25) is 4.79 Å². The van der Waals surface area contributed by atoms with Crippen molar-refractivity contribution in [3.05, 3.63) is 18.3 Å². The van der Waals surface area contributed by atoms with Crippen LogP contribution in [0.2, 0.25) is 0 Å². The Labute approximate surface area is 96.7 Å². The van der Waals surface area contributed by atoms with Gasteiger partial charge in [-0.15, -0.1) is 0 Å². The number of rotatable bonds is 5. The zero-order chi connectivity index (χ0) is 12.0. The Morgan fingerprint density at radius 1 is 1.50 bits per heavy atom. The van der Waals surface area contributed by atoms with Crippen molar-refractivity contribution in [1.82, 2.24) is 4.98 Å². The molecule has 88 valence electrons. The number of hydrogen-bond acceptors (Lipinski definition) is 3. The maximum absolute atomic E-state index is 10.8. The van der Waals surface area contributed by atoms with Crippen LogP contribution in [0.4, 0.5) is 11.5 Å². The van der Waals surface area contributed by atoms with Gasteiger partial charge in [-0.2, -0.15) is 0 Å². The van der Waals surface area contributed by atoms with Crippen molar-refractivity contribution >= 4 is 17.4 Å². The summed E-state index contributed by atoms with van der Waals surface area (Å²) in [5.41, 5.74) is 1.07. The molecule has 1 N–H and O–H groups in total. The van der Waals surface area contributed by atoms with Gasteiger partial charge in [0.05, 0.1) is 11.9 Å². The fourth-order valence-corrected chi connectivity index (χ4v) is 1.39. The molecule has 1 heterocycles. The van der Waals surface area contributed by atoms with Crippen LogP contribution in [0.25, 0.3) is 0 Å². The summed E-state index contributed by atoms with van der Waals surface area (Å²) >= 11 is 0. The lowest BCUT2D eigenvalue weighted by Gasteiger charge is -2.18. The van der Waals surface area contributed by atoms with E-state index in [2.05, 4.69) is 22.1 Å². The molecule has 1 aromatic heterocycles. The third-order valence-corrected chi connectivity index (χ3v) is 2.34. The van der Waals surface area contributed by atoms with Crippen LogP contribution in [0, 0.1) is 0 Å². The first kappa shape index (κ1) is 12.5. The van der Waals surface area contributed by atoms with Gasteiger partial charge in [-0.05, 0) is 18.6 Å². The van der Waals surface area contributed by atoms with Crippen molar-refractivity contribution < 1.29 is 4.79 Å². The first-order valence-electron chi connectivity index (χ1n) is 5.58. The molecule has 0 atom stereocenters. The largest absolute Gasteiger partial charge is 0.373 e. The van der Waals surface area contributed by atoms with Gasteiger partial charge >= 0.3 is 0 Å². The molecule has 0 unspecified atom stereocenters. The molecule has 1 rings (SSSR count). The standard InChI is InChI=1S/C12H19N3O/c1-4-5-8-15(3)11-6-7-12(13-9-11)14-10(2)16/h6-7,9H,4-5,8H2,1-3H3,(H,13,14,16). The smallest absolute Gasteiger partial charge is 0.222 e. The van der Waals surface area contributed by atoms with Crippen LogP contribution in [-0.4, -0.2) is 24.5 Å². The van der Waals surface area contributed by atoms with Crippen molar-refractivity contribution in [2.75, 3.05) is 23.8 Å². The molecule has 0 saturated carbocycles. The van der Waals surface area contributed by atoms with Crippen LogP contribution >= 0.6 is 0 Å². The van der Waals surface area contributed by atoms with E-state index in [4.69, 9.17) is 0 Å². The summed E-state index contributed by atoms with van der Waals surface area (Å²) < 4.78 is 0. The van der Waals surface area contributed by atoms with Gasteiger partial charge < -0.3 is 10.2 Å². The highest BCUT2D eigenvalue weighted by Gasteiger charge is 2.01. The summed E-state index contributed by atoms with van der Waals surface area (Å²) in [4.78, 5) is 17.1. The monoisotopic (exact) mass is 221 g/mol. The third-order valence-electron chi connectivity index (χ3n) is 2.34. The van der Waals surface area contributed by atoms with E-state index in [1.54, 1.807) is 6.20 Å². The zero-order valence-corrected chi connectivity index (χ0v) is 10.2. The van der Waals surface area contributed by atoms with Crippen LogP contribution in [0.3, 0.4) is 0 Å². The number of unbranched alkanes of at least 4 members (excludes halogenated alkanes) is 1. The molecular weight excluding hydrogens is 202 g/mol. The second-order valence-corrected chi connectivity index (χ2v) is 3.86. The first-order valence-corrected chi connectivity index (χ1v) is 5.58. The van der Waals surface area contributed by atoms with Gasteiger partial charge in [0.25, 0.3) is 0 Å². The number of anilines is 2. The summed E-state index contributed by atoms with van der Waals surface area (Å²) in [6, 6.07) is 3.78. The van der Waals surface area contributed by atoms with Gasteiger partial charge in [0.2, 0.25) is 5.91 Å². The minimum atomic E-state index is -0.0976. The first-order chi connectivity index (χ1) is 7.63. The van der Waals surface area contributed by atoms with Gasteiger partial charge in [-0.1, -0.05) is 13.3 Å². The van der Waals surface area contributed by atoms with E-state index < -0.39 is 0 Å². The Balaban J connectivity index is 2.59. The number of amides is 1. The van der Waals surface area contributed by atoms with E-state index in [-0.39, 0.29) is 5.91 Å². The summed E-state index contributed by atoms with van der Waals surface area (Å²) in [6.45, 7) is 4.67. The normalized spacial score (nSPS) is 9.94. The lowest BCUT2D eigenvalue weighted by atomic mass is 10.3. The Morgan fingerprint density at radius 2 is 2.25 bits per heavy atom. The average molecular weight is 221 g/mol. The van der Waals surface area contributed by atoms with E-state index in [0.29, 0.717) is 5.82 Å². The fraction of sp³-hybridized carbons (Fsp3) is 0.500. The minimum Gasteiger partial charge on any atom is -0.373 e. The summed E-state index contributed by atoms with van der Waals surface area (Å²) in [5.74, 6) is 0.500. The Hall–Kier alpha value is -1.58. The van der Waals surface area contributed by atoms with Crippen LogP contribution in [0.15, 0.2) is 18.3 Å². The quantitative estimate of drug-likeness (QED) is 0.829. The van der Waals surface area contributed by atoms with Gasteiger partial charge in [0.1, 0.15) is 5.82 Å². The van der Waals surface area contributed by atoms with Crippen LogP contribution in [0.1, 0.15) is 26.7 Å². The van der Waals surface area contributed by atoms with Crippen molar-refractivity contribution in [3.8, 4) is 0 Å². The zero-order valence-electron chi connectivity index (χ0n) is 10.2. The number of aromatic nitrogens is 1. The van der Waals surface area contributed by atoms with Crippen molar-refractivity contribution in [2.24, 2.45) is 0 Å². The van der Waals surface area contributed by atoms with Crippen LogP contribution in [0.5, 0.6) is 0 Å². The lowest BCUT2D eigenvalue weighted by Crippen LogP contribution is -2.18. The third kappa shape index (κ3) is 3.88. The number of pyridine rings is 1. The molecule has 0 aliphatic rings. The molecule has 0 aromatic carbocycles. The second-order valence-electron chi connectivity index (χ2n) is 3.86. The maximum atomic E-state index is 10.8. The summed E-state index contributed by atoms with van der Waals surface area (Å²) in [7, 11) is 2.05. The van der Waals surface area contributed by atoms with Crippen molar-refractivity contribution in [3.63, 3.8) is 0 Å². The Bertz CT molecular complexity index is 335. The highest BCUT2D eigenvalue weighted by molar-refractivity contribution is 5.87. The summed E-state index contributed by atoms with van der Waals surface area (Å²) in [5, 5.41) is 2.65. The number of nitrogens with one attached hydrogen (secondary N) is 1. The predicted molar refractivity (Wildman–Crippen MR) is 66.7 cm³/mol. The molecule has 0 aliphatic carbocycles. The number of hydrogen-bond donors (Lipinski definition) is 1. The molecule has 4 heteroatoms. The van der Waals surface area contributed by atoms with Gasteiger partial charge in [0.15, 0.2) is 0 Å². The molecule has 0 bridgehead atoms. The fourth-order valence-electron chi connectivity index (χ4n) is 1.39. The van der Waals surface area contributed by atoms with E-state index in [1.807, 2.05) is 19.2 Å². The van der Waals surface area contributed by atoms with Crippen molar-refractivity contribution in [1.29, 1.82) is 0 Å². The number of carbonyl (C=O) groups is 1. The van der Waals surface area contributed by atoms with Crippen molar-refractivity contribution in [2.45, 2.75) is 26.7 Å². The molecule has 0 aliphatic heterocycles. The summed E-state index contributed by atoms with van der Waals surface area (Å²) in [6.07, 6.45) is 4.13. The molecule has 16 heavy (non-hydrogen) atoms. The van der Waals surface area contributed by atoms with Crippen LogP contribution in [-0.2, 0) is 4.79 Å². The number of carbonyl (C=O) groups excluding carboxylic acids is 1. The molecular formula is C12H19N3O. The minimum absolute atomic E-state index is 0.0976. The molecule has 0 spiro atoms. The maximum Gasteiger partial charge on any atom is 0.222 e. The molecule has 0 fully saturated rings. The predicted octanol–water partition coefficient (Wildman–Crippen LogP) is 2.28. The van der Waals surface area contributed by atoms with E-state index in [1.165, 1.54) is 19.8 Å². The second kappa shape index (κ2) is 6.10. The highest BCUT2D eigenvalue weighted by atomic mass is 16.1. The average Bonchev–Trinajstić information content (AvgIpc) is 2.26. The SMILES string of the molecule is CCCCN(C)c1ccc(NC(C)=O)nc1. The Morgan fingerprint density at radius 3 is 2.75 bits per heavy atom. The highest BCUT2D eigenvalue weighted by Crippen LogP contribution is 2.14. The molecule has 1 aromatic rings. The van der Waals surface area contributed by atoms with E-state index >= 15 is 0 Å². The molecule has 0 saturated heterocycles.